The number of carbonyl (C=O) groups is 2. The zero-order valence-corrected chi connectivity index (χ0v) is 19.7. The highest BCUT2D eigenvalue weighted by molar-refractivity contribution is 7.90. The molecule has 12 heteroatoms. The van der Waals surface area contributed by atoms with Gasteiger partial charge in [-0.3, -0.25) is 9.89 Å². The van der Waals surface area contributed by atoms with Crippen molar-refractivity contribution in [1.82, 2.24) is 25.2 Å². The van der Waals surface area contributed by atoms with Gasteiger partial charge in [-0.2, -0.15) is 5.26 Å². The summed E-state index contributed by atoms with van der Waals surface area (Å²) in [6, 6.07) is 11.4. The summed E-state index contributed by atoms with van der Waals surface area (Å²) < 4.78 is 29.6. The van der Waals surface area contributed by atoms with Gasteiger partial charge >= 0.3 is 6.09 Å². The van der Waals surface area contributed by atoms with E-state index in [2.05, 4.69) is 15.4 Å². The van der Waals surface area contributed by atoms with E-state index in [9.17, 15) is 18.0 Å². The summed E-state index contributed by atoms with van der Waals surface area (Å²) >= 11 is 0. The maximum atomic E-state index is 13.0. The molecule has 3 heterocycles. The molecule has 0 saturated carbocycles. The molecule has 0 radical (unpaired) electrons. The third-order valence-electron chi connectivity index (χ3n) is 6.55. The van der Waals surface area contributed by atoms with Gasteiger partial charge in [-0.25, -0.2) is 13.2 Å². The average molecular weight is 495 g/mol. The van der Waals surface area contributed by atoms with Crippen molar-refractivity contribution in [1.29, 1.82) is 5.26 Å². The highest BCUT2D eigenvalue weighted by Crippen LogP contribution is 2.32. The lowest BCUT2D eigenvalue weighted by atomic mass is 10.0. The molecule has 2 fully saturated rings. The number of benzene rings is 2. The fraction of sp³-hybridized carbons (Fsp3) is 0.348. The number of aromatic nitrogens is 3. The van der Waals surface area contributed by atoms with Crippen molar-refractivity contribution in [2.45, 2.75) is 11.5 Å². The molecule has 1 N–H and O–H groups in total. The molecular weight excluding hydrogens is 472 g/mol. The largest absolute Gasteiger partial charge is 0.444 e. The number of carbonyl (C=O) groups excluding carboxylic acids is 2. The van der Waals surface area contributed by atoms with Gasteiger partial charge in [0.25, 0.3) is 5.91 Å². The Morgan fingerprint density at radius 2 is 1.83 bits per heavy atom. The van der Waals surface area contributed by atoms with Crippen LogP contribution in [0.1, 0.15) is 21.5 Å². The maximum absolute atomic E-state index is 13.0. The molecule has 0 spiro atoms. The number of ether oxygens (including phenoxy) is 1. The second kappa shape index (κ2) is 8.66. The molecule has 2 aromatic carbocycles. The van der Waals surface area contributed by atoms with E-state index in [0.29, 0.717) is 42.8 Å². The first-order chi connectivity index (χ1) is 16.7. The second-order valence-electron chi connectivity index (χ2n) is 8.94. The fourth-order valence-electron chi connectivity index (χ4n) is 4.78. The standard InChI is InChI=1S/C23H22N6O5S/c1-35(32,33)21-6-14(8-24)2-3-16(21)13-34-23(31)29-11-17-9-28(10-18(17)12-29)22(30)15-4-5-19-20(7-15)26-27-25-19/h2-7,17-18H,9-13H2,1H3,(H,25,26,27)/t17-,18-/m0/s1. The Hall–Kier alpha value is -3.98. The molecule has 0 bridgehead atoms. The number of aromatic amines is 1. The Bertz CT molecular complexity index is 1460. The number of likely N-dealkylation sites (tertiary alicyclic amines) is 2. The van der Waals surface area contributed by atoms with Gasteiger partial charge in [-0.05, 0) is 30.3 Å². The first kappa shape index (κ1) is 22.8. The van der Waals surface area contributed by atoms with Crippen LogP contribution in [0.5, 0.6) is 0 Å². The third-order valence-corrected chi connectivity index (χ3v) is 7.73. The van der Waals surface area contributed by atoms with E-state index in [1.807, 2.05) is 6.07 Å². The third kappa shape index (κ3) is 4.42. The van der Waals surface area contributed by atoms with Crippen LogP contribution in [0.15, 0.2) is 41.3 Å². The van der Waals surface area contributed by atoms with Crippen LogP contribution in [0.2, 0.25) is 0 Å². The lowest BCUT2D eigenvalue weighted by Gasteiger charge is -2.22. The van der Waals surface area contributed by atoms with Gasteiger partial charge in [0.1, 0.15) is 12.1 Å². The Balaban J connectivity index is 1.19. The lowest BCUT2D eigenvalue weighted by molar-refractivity contribution is 0.0764. The SMILES string of the molecule is CS(=O)(=O)c1cc(C#N)ccc1COC(=O)N1C[C@@H]2CN(C(=O)c3ccc4[nH]nnc4c3)C[C@H]2C1. The summed E-state index contributed by atoms with van der Waals surface area (Å²) in [5.41, 5.74) is 2.48. The number of nitrogens with one attached hydrogen (secondary N) is 1. The topological polar surface area (TPSA) is 149 Å². The monoisotopic (exact) mass is 494 g/mol. The first-order valence-electron chi connectivity index (χ1n) is 11.0. The molecule has 3 aromatic rings. The van der Waals surface area contributed by atoms with E-state index in [1.165, 1.54) is 18.2 Å². The minimum atomic E-state index is -3.59. The quantitative estimate of drug-likeness (QED) is 0.574. The smallest absolute Gasteiger partial charge is 0.410 e. The van der Waals surface area contributed by atoms with Gasteiger partial charge < -0.3 is 14.5 Å². The van der Waals surface area contributed by atoms with Crippen molar-refractivity contribution in [2.24, 2.45) is 11.8 Å². The molecule has 2 saturated heterocycles. The number of amides is 2. The lowest BCUT2D eigenvalue weighted by Crippen LogP contribution is -2.35. The van der Waals surface area contributed by atoms with E-state index in [1.54, 1.807) is 28.0 Å². The number of nitriles is 1. The van der Waals surface area contributed by atoms with Crippen LogP contribution in [-0.2, 0) is 21.2 Å². The van der Waals surface area contributed by atoms with Crippen molar-refractivity contribution >= 4 is 32.9 Å². The summed E-state index contributed by atoms with van der Waals surface area (Å²) in [5, 5.41) is 19.5. The summed E-state index contributed by atoms with van der Waals surface area (Å²) in [4.78, 5) is 29.0. The normalized spacial score (nSPS) is 19.5. The maximum Gasteiger partial charge on any atom is 0.410 e. The van der Waals surface area contributed by atoms with Crippen molar-refractivity contribution in [3.63, 3.8) is 0 Å². The number of sulfone groups is 1. The molecule has 180 valence electrons. The summed E-state index contributed by atoms with van der Waals surface area (Å²) in [7, 11) is -3.59. The summed E-state index contributed by atoms with van der Waals surface area (Å²) in [6.45, 7) is 1.79. The van der Waals surface area contributed by atoms with Gasteiger partial charge in [0.05, 0.1) is 22.0 Å². The molecule has 2 atom stereocenters. The van der Waals surface area contributed by atoms with Crippen LogP contribution in [-0.4, -0.2) is 78.1 Å². The van der Waals surface area contributed by atoms with Gasteiger partial charge in [0.2, 0.25) is 0 Å². The predicted molar refractivity (Wildman–Crippen MR) is 123 cm³/mol. The van der Waals surface area contributed by atoms with E-state index in [4.69, 9.17) is 10.00 Å². The number of hydrogen-bond acceptors (Lipinski definition) is 8. The van der Waals surface area contributed by atoms with Gasteiger partial charge in [-0.15, -0.1) is 5.10 Å². The zero-order chi connectivity index (χ0) is 24.7. The number of fused-ring (bicyclic) bond motifs is 2. The fourth-order valence-corrected chi connectivity index (χ4v) is 5.73. The highest BCUT2D eigenvalue weighted by Gasteiger charge is 2.43. The molecular formula is C23H22N6O5S. The van der Waals surface area contributed by atoms with Crippen LogP contribution in [0, 0.1) is 23.2 Å². The summed E-state index contributed by atoms with van der Waals surface area (Å²) in [5.74, 6) is 0.208. The minimum Gasteiger partial charge on any atom is -0.444 e. The molecule has 5 rings (SSSR count). The summed E-state index contributed by atoms with van der Waals surface area (Å²) in [6.07, 6.45) is 0.519. The Morgan fingerprint density at radius 3 is 2.51 bits per heavy atom. The van der Waals surface area contributed by atoms with Crippen molar-refractivity contribution < 1.29 is 22.7 Å². The van der Waals surface area contributed by atoms with Gasteiger partial charge in [0.15, 0.2) is 9.84 Å². The Kier molecular flexibility index (Phi) is 5.64. The van der Waals surface area contributed by atoms with E-state index < -0.39 is 15.9 Å². The Labute approximate surface area is 201 Å². The average Bonchev–Trinajstić information content (AvgIpc) is 3.55. The predicted octanol–water partition coefficient (Wildman–Crippen LogP) is 1.57. The molecule has 2 amide bonds. The molecule has 2 aliphatic rings. The molecule has 0 aliphatic carbocycles. The zero-order valence-electron chi connectivity index (χ0n) is 18.8. The molecule has 11 nitrogen and oxygen atoms in total. The van der Waals surface area contributed by atoms with E-state index in [-0.39, 0.29) is 34.8 Å². The number of H-pyrrole nitrogens is 1. The van der Waals surface area contributed by atoms with Crippen LogP contribution >= 0.6 is 0 Å². The van der Waals surface area contributed by atoms with Crippen LogP contribution in [0.4, 0.5) is 4.79 Å². The Morgan fingerprint density at radius 1 is 1.11 bits per heavy atom. The van der Waals surface area contributed by atoms with Crippen molar-refractivity contribution in [3.05, 3.63) is 53.1 Å². The molecule has 0 unspecified atom stereocenters. The molecule has 1 aromatic heterocycles. The van der Waals surface area contributed by atoms with E-state index >= 15 is 0 Å². The highest BCUT2D eigenvalue weighted by atomic mass is 32.2. The van der Waals surface area contributed by atoms with Crippen molar-refractivity contribution in [3.8, 4) is 6.07 Å². The van der Waals surface area contributed by atoms with E-state index in [0.717, 1.165) is 11.8 Å². The number of hydrogen-bond donors (Lipinski definition) is 1. The van der Waals surface area contributed by atoms with Crippen LogP contribution in [0.25, 0.3) is 11.0 Å². The minimum absolute atomic E-state index is 0.0272. The molecule has 35 heavy (non-hydrogen) atoms. The first-order valence-corrected chi connectivity index (χ1v) is 12.9. The molecule has 2 aliphatic heterocycles. The van der Waals surface area contributed by atoms with Gasteiger partial charge in [-0.1, -0.05) is 11.3 Å². The van der Waals surface area contributed by atoms with Gasteiger partial charge in [0, 0.05) is 55.4 Å². The number of nitrogens with zero attached hydrogens (tertiary/aromatic N) is 5. The van der Waals surface area contributed by atoms with Crippen LogP contribution < -0.4 is 0 Å². The van der Waals surface area contributed by atoms with Crippen molar-refractivity contribution in [2.75, 3.05) is 32.4 Å². The number of rotatable bonds is 4. The second-order valence-corrected chi connectivity index (χ2v) is 10.9. The van der Waals surface area contributed by atoms with Crippen LogP contribution in [0.3, 0.4) is 0 Å².